The van der Waals surface area contributed by atoms with E-state index in [-0.39, 0.29) is 5.91 Å². The zero-order chi connectivity index (χ0) is 15.0. The summed E-state index contributed by atoms with van der Waals surface area (Å²) in [5.74, 6) is 0.420. The number of aromatic nitrogens is 2. The summed E-state index contributed by atoms with van der Waals surface area (Å²) in [4.78, 5) is 11.8. The van der Waals surface area contributed by atoms with Crippen LogP contribution in [-0.2, 0) is 4.79 Å². The molecule has 0 aliphatic carbocycles. The van der Waals surface area contributed by atoms with Crippen LogP contribution in [-0.4, -0.2) is 22.2 Å². The first-order valence-corrected chi connectivity index (χ1v) is 7.29. The van der Waals surface area contributed by atoms with Gasteiger partial charge in [0, 0.05) is 0 Å². The second kappa shape index (κ2) is 8.27. The summed E-state index contributed by atoms with van der Waals surface area (Å²) in [7, 11) is 0. The molecule has 1 unspecified atom stereocenters. The largest absolute Gasteiger partial charge is 0.481 e. The quantitative estimate of drug-likeness (QED) is 0.939. The summed E-state index contributed by atoms with van der Waals surface area (Å²) in [5, 5.41) is 11.6. The summed E-state index contributed by atoms with van der Waals surface area (Å²) in [6.07, 6.45) is -0.586. The van der Waals surface area contributed by atoms with E-state index >= 15 is 0 Å². The Kier molecular flexibility index (Phi) is 6.66. The molecule has 1 amide bonds. The van der Waals surface area contributed by atoms with Gasteiger partial charge in [-0.05, 0) is 26.0 Å². The van der Waals surface area contributed by atoms with Crippen molar-refractivity contribution in [1.29, 1.82) is 0 Å². The average Bonchev–Trinajstić information content (AvgIpc) is 2.87. The van der Waals surface area contributed by atoms with Gasteiger partial charge in [-0.1, -0.05) is 43.4 Å². The van der Waals surface area contributed by atoms with Gasteiger partial charge in [0.15, 0.2) is 6.10 Å². The Morgan fingerprint density at radius 3 is 2.45 bits per heavy atom. The number of nitrogens with zero attached hydrogens (tertiary/aromatic N) is 2. The minimum Gasteiger partial charge on any atom is -0.481 e. The SMILES string of the molecule is CC.Cc1nnc(NC(=O)C(C)Oc2ccccc2)s1. The van der Waals surface area contributed by atoms with Gasteiger partial charge < -0.3 is 4.74 Å². The molecule has 0 aliphatic rings. The molecule has 0 saturated carbocycles. The second-order valence-electron chi connectivity index (χ2n) is 3.69. The molecule has 0 bridgehead atoms. The Hall–Kier alpha value is -1.95. The number of carbonyl (C=O) groups excluding carboxylic acids is 1. The maximum Gasteiger partial charge on any atom is 0.266 e. The lowest BCUT2D eigenvalue weighted by Crippen LogP contribution is -2.30. The first-order valence-electron chi connectivity index (χ1n) is 6.48. The van der Waals surface area contributed by atoms with E-state index in [0.29, 0.717) is 10.9 Å². The molecular formula is C14H19N3O2S. The molecule has 5 nitrogen and oxygen atoms in total. The lowest BCUT2D eigenvalue weighted by atomic mass is 10.3. The first-order chi connectivity index (χ1) is 9.65. The zero-order valence-electron chi connectivity index (χ0n) is 12.1. The highest BCUT2D eigenvalue weighted by molar-refractivity contribution is 7.15. The average molecular weight is 293 g/mol. The summed E-state index contributed by atoms with van der Waals surface area (Å²) < 4.78 is 5.50. The van der Waals surface area contributed by atoms with E-state index in [1.807, 2.05) is 39.0 Å². The standard InChI is InChI=1S/C12H13N3O2S.C2H6/c1-8(17-10-6-4-3-5-7-10)11(16)13-12-15-14-9(2)18-12;1-2/h3-8H,1-2H3,(H,13,15,16);1-2H3. The maximum atomic E-state index is 11.8. The van der Waals surface area contributed by atoms with E-state index in [9.17, 15) is 4.79 Å². The van der Waals surface area contributed by atoms with Gasteiger partial charge in [0.25, 0.3) is 5.91 Å². The fraction of sp³-hybridized carbons (Fsp3) is 0.357. The van der Waals surface area contributed by atoms with Crippen LogP contribution < -0.4 is 10.1 Å². The topological polar surface area (TPSA) is 64.1 Å². The molecule has 2 rings (SSSR count). The molecular weight excluding hydrogens is 274 g/mol. The molecule has 0 fully saturated rings. The monoisotopic (exact) mass is 293 g/mol. The van der Waals surface area contributed by atoms with Crippen molar-refractivity contribution >= 4 is 22.4 Å². The minimum absolute atomic E-state index is 0.241. The molecule has 20 heavy (non-hydrogen) atoms. The van der Waals surface area contributed by atoms with Crippen LogP contribution in [0.1, 0.15) is 25.8 Å². The molecule has 1 heterocycles. The van der Waals surface area contributed by atoms with Gasteiger partial charge in [0.1, 0.15) is 10.8 Å². The zero-order valence-corrected chi connectivity index (χ0v) is 12.9. The van der Waals surface area contributed by atoms with Crippen molar-refractivity contribution in [3.63, 3.8) is 0 Å². The summed E-state index contributed by atoms with van der Waals surface area (Å²) in [6, 6.07) is 9.21. The third-order valence-corrected chi connectivity index (χ3v) is 2.94. The lowest BCUT2D eigenvalue weighted by molar-refractivity contribution is -0.122. The van der Waals surface area contributed by atoms with Crippen molar-refractivity contribution in [2.24, 2.45) is 0 Å². The van der Waals surface area contributed by atoms with Crippen LogP contribution in [0.3, 0.4) is 0 Å². The number of carbonyl (C=O) groups is 1. The summed E-state index contributed by atoms with van der Waals surface area (Å²) >= 11 is 1.33. The van der Waals surface area contributed by atoms with Crippen LogP contribution >= 0.6 is 11.3 Å². The molecule has 0 radical (unpaired) electrons. The normalized spacial score (nSPS) is 11.0. The van der Waals surface area contributed by atoms with E-state index in [2.05, 4.69) is 15.5 Å². The van der Waals surface area contributed by atoms with Crippen LogP contribution in [0, 0.1) is 6.92 Å². The Balaban J connectivity index is 0.000000956. The van der Waals surface area contributed by atoms with E-state index in [1.165, 1.54) is 11.3 Å². The van der Waals surface area contributed by atoms with E-state index < -0.39 is 6.10 Å². The lowest BCUT2D eigenvalue weighted by Gasteiger charge is -2.13. The number of anilines is 1. The van der Waals surface area contributed by atoms with Gasteiger partial charge in [-0.3, -0.25) is 10.1 Å². The van der Waals surface area contributed by atoms with Crippen LogP contribution in [0.15, 0.2) is 30.3 Å². The Bertz CT molecular complexity index is 528. The minimum atomic E-state index is -0.586. The summed E-state index contributed by atoms with van der Waals surface area (Å²) in [5.41, 5.74) is 0. The molecule has 0 aliphatic heterocycles. The Morgan fingerprint density at radius 2 is 1.90 bits per heavy atom. The molecule has 1 atom stereocenters. The maximum absolute atomic E-state index is 11.8. The predicted octanol–water partition coefficient (Wildman–Crippen LogP) is 3.28. The third-order valence-electron chi connectivity index (χ3n) is 2.18. The van der Waals surface area contributed by atoms with Gasteiger partial charge >= 0.3 is 0 Å². The molecule has 0 saturated heterocycles. The van der Waals surface area contributed by atoms with Crippen LogP contribution in [0.5, 0.6) is 5.75 Å². The third kappa shape index (κ3) is 4.97. The predicted molar refractivity (Wildman–Crippen MR) is 81.2 cm³/mol. The van der Waals surface area contributed by atoms with Crippen LogP contribution in [0.25, 0.3) is 0 Å². The second-order valence-corrected chi connectivity index (χ2v) is 4.87. The Labute approximate surface area is 123 Å². The van der Waals surface area contributed by atoms with Crippen molar-refractivity contribution in [3.8, 4) is 5.75 Å². The number of para-hydroxylation sites is 1. The molecule has 0 spiro atoms. The van der Waals surface area contributed by atoms with E-state index in [1.54, 1.807) is 19.1 Å². The van der Waals surface area contributed by atoms with Crippen molar-refractivity contribution in [2.45, 2.75) is 33.8 Å². The van der Waals surface area contributed by atoms with E-state index in [0.717, 1.165) is 5.01 Å². The van der Waals surface area contributed by atoms with Crippen LogP contribution in [0.4, 0.5) is 5.13 Å². The highest BCUT2D eigenvalue weighted by atomic mass is 32.1. The van der Waals surface area contributed by atoms with Crippen LogP contribution in [0.2, 0.25) is 0 Å². The number of ether oxygens (including phenoxy) is 1. The number of hydrogen-bond acceptors (Lipinski definition) is 5. The molecule has 2 aromatic rings. The van der Waals surface area contributed by atoms with Gasteiger partial charge in [0.05, 0.1) is 0 Å². The summed E-state index contributed by atoms with van der Waals surface area (Å²) in [6.45, 7) is 7.52. The van der Waals surface area contributed by atoms with Crippen molar-refractivity contribution in [1.82, 2.24) is 10.2 Å². The number of nitrogens with one attached hydrogen (secondary N) is 1. The number of rotatable bonds is 4. The fourth-order valence-electron chi connectivity index (χ4n) is 1.31. The van der Waals surface area contributed by atoms with Gasteiger partial charge in [-0.2, -0.15) is 0 Å². The number of benzene rings is 1. The number of aryl methyl sites for hydroxylation is 1. The fourth-order valence-corrected chi connectivity index (χ4v) is 1.91. The molecule has 1 N–H and O–H groups in total. The van der Waals surface area contributed by atoms with Crippen molar-refractivity contribution in [3.05, 3.63) is 35.3 Å². The smallest absolute Gasteiger partial charge is 0.266 e. The number of hydrogen-bond donors (Lipinski definition) is 1. The highest BCUT2D eigenvalue weighted by Crippen LogP contribution is 2.15. The highest BCUT2D eigenvalue weighted by Gasteiger charge is 2.16. The molecule has 1 aromatic carbocycles. The first kappa shape index (κ1) is 16.1. The molecule has 6 heteroatoms. The van der Waals surface area contributed by atoms with Gasteiger partial charge in [-0.15, -0.1) is 10.2 Å². The van der Waals surface area contributed by atoms with Gasteiger partial charge in [-0.25, -0.2) is 0 Å². The Morgan fingerprint density at radius 1 is 1.25 bits per heavy atom. The van der Waals surface area contributed by atoms with Gasteiger partial charge in [0.2, 0.25) is 5.13 Å². The van der Waals surface area contributed by atoms with Crippen molar-refractivity contribution < 1.29 is 9.53 Å². The number of amides is 1. The molecule has 1 aromatic heterocycles. The van der Waals surface area contributed by atoms with Crippen molar-refractivity contribution in [2.75, 3.05) is 5.32 Å². The molecule has 108 valence electrons. The van der Waals surface area contributed by atoms with E-state index in [4.69, 9.17) is 4.74 Å².